The zero-order chi connectivity index (χ0) is 15.4. The van der Waals surface area contributed by atoms with Crippen LogP contribution in [0.1, 0.15) is 22.9 Å². The molecule has 3 heteroatoms. The van der Waals surface area contributed by atoms with E-state index in [1.54, 1.807) is 0 Å². The lowest BCUT2D eigenvalue weighted by Crippen LogP contribution is -2.13. The quantitative estimate of drug-likeness (QED) is 0.782. The minimum atomic E-state index is -0.181. The molecule has 1 heterocycles. The van der Waals surface area contributed by atoms with Crippen molar-refractivity contribution >= 4 is 0 Å². The SMILES string of the molecule is Cc1nc(Oc2ccccc2)ccc1[C@@H](N)c1ccccc1. The van der Waals surface area contributed by atoms with Crippen LogP contribution in [0.5, 0.6) is 11.6 Å². The van der Waals surface area contributed by atoms with E-state index in [1.165, 1.54) is 0 Å². The fraction of sp³-hybridized carbons (Fsp3) is 0.105. The van der Waals surface area contributed by atoms with E-state index in [1.807, 2.05) is 79.7 Å². The van der Waals surface area contributed by atoms with Gasteiger partial charge in [-0.1, -0.05) is 48.5 Å². The molecular formula is C19H18N2O. The molecule has 0 bridgehead atoms. The molecule has 0 unspecified atom stereocenters. The summed E-state index contributed by atoms with van der Waals surface area (Å²) in [4.78, 5) is 4.51. The molecule has 3 rings (SSSR count). The van der Waals surface area contributed by atoms with Gasteiger partial charge in [0.15, 0.2) is 0 Å². The van der Waals surface area contributed by atoms with Crippen molar-refractivity contribution in [3.05, 3.63) is 89.6 Å². The van der Waals surface area contributed by atoms with E-state index in [2.05, 4.69) is 4.98 Å². The molecule has 0 aliphatic heterocycles. The molecule has 22 heavy (non-hydrogen) atoms. The normalized spacial score (nSPS) is 11.9. The van der Waals surface area contributed by atoms with Gasteiger partial charge in [0, 0.05) is 11.8 Å². The standard InChI is InChI=1S/C19H18N2O/c1-14-17(19(20)15-8-4-2-5-9-15)12-13-18(21-14)22-16-10-6-3-7-11-16/h2-13,19H,20H2,1H3/t19-/m0/s1. The summed E-state index contributed by atoms with van der Waals surface area (Å²) in [6.07, 6.45) is 0. The van der Waals surface area contributed by atoms with E-state index in [0.717, 1.165) is 22.6 Å². The van der Waals surface area contributed by atoms with Crippen molar-refractivity contribution in [1.82, 2.24) is 4.98 Å². The monoisotopic (exact) mass is 290 g/mol. The van der Waals surface area contributed by atoms with Crippen LogP contribution in [-0.2, 0) is 0 Å². The predicted octanol–water partition coefficient (Wildman–Crippen LogP) is 4.23. The molecule has 110 valence electrons. The van der Waals surface area contributed by atoms with Crippen molar-refractivity contribution in [2.75, 3.05) is 0 Å². The molecular weight excluding hydrogens is 272 g/mol. The zero-order valence-electron chi connectivity index (χ0n) is 12.4. The first kappa shape index (κ1) is 14.3. The van der Waals surface area contributed by atoms with Crippen molar-refractivity contribution in [1.29, 1.82) is 0 Å². The molecule has 0 fully saturated rings. The summed E-state index contributed by atoms with van der Waals surface area (Å²) in [5, 5.41) is 0. The largest absolute Gasteiger partial charge is 0.439 e. The van der Waals surface area contributed by atoms with Gasteiger partial charge in [-0.25, -0.2) is 4.98 Å². The molecule has 0 amide bonds. The third-order valence-electron chi connectivity index (χ3n) is 3.56. The highest BCUT2D eigenvalue weighted by Gasteiger charge is 2.13. The van der Waals surface area contributed by atoms with Gasteiger partial charge in [-0.3, -0.25) is 0 Å². The number of nitrogens with two attached hydrogens (primary N) is 1. The second-order valence-electron chi connectivity index (χ2n) is 5.13. The van der Waals surface area contributed by atoms with Crippen molar-refractivity contribution in [3.63, 3.8) is 0 Å². The minimum Gasteiger partial charge on any atom is -0.439 e. The first-order chi connectivity index (χ1) is 10.7. The number of benzene rings is 2. The van der Waals surface area contributed by atoms with E-state index in [-0.39, 0.29) is 6.04 Å². The zero-order valence-corrected chi connectivity index (χ0v) is 12.4. The first-order valence-corrected chi connectivity index (χ1v) is 7.25. The minimum absolute atomic E-state index is 0.181. The van der Waals surface area contributed by atoms with Gasteiger partial charge < -0.3 is 10.5 Å². The summed E-state index contributed by atoms with van der Waals surface area (Å²) >= 11 is 0. The second-order valence-corrected chi connectivity index (χ2v) is 5.13. The lowest BCUT2D eigenvalue weighted by molar-refractivity contribution is 0.461. The Kier molecular flexibility index (Phi) is 4.17. The van der Waals surface area contributed by atoms with Gasteiger partial charge in [0.1, 0.15) is 5.75 Å². The highest BCUT2D eigenvalue weighted by Crippen LogP contribution is 2.25. The van der Waals surface area contributed by atoms with E-state index in [0.29, 0.717) is 5.88 Å². The molecule has 0 saturated carbocycles. The number of aryl methyl sites for hydroxylation is 1. The van der Waals surface area contributed by atoms with E-state index in [4.69, 9.17) is 10.5 Å². The van der Waals surface area contributed by atoms with Gasteiger partial charge >= 0.3 is 0 Å². The number of nitrogens with zero attached hydrogens (tertiary/aromatic N) is 1. The lowest BCUT2D eigenvalue weighted by Gasteiger charge is -2.15. The number of hydrogen-bond donors (Lipinski definition) is 1. The molecule has 3 aromatic rings. The van der Waals surface area contributed by atoms with Crippen molar-refractivity contribution in [2.24, 2.45) is 5.73 Å². The van der Waals surface area contributed by atoms with Crippen molar-refractivity contribution in [2.45, 2.75) is 13.0 Å². The smallest absolute Gasteiger partial charge is 0.219 e. The first-order valence-electron chi connectivity index (χ1n) is 7.25. The third kappa shape index (κ3) is 3.15. The maximum atomic E-state index is 6.34. The highest BCUT2D eigenvalue weighted by atomic mass is 16.5. The van der Waals surface area contributed by atoms with Crippen LogP contribution in [0.15, 0.2) is 72.8 Å². The van der Waals surface area contributed by atoms with Crippen LogP contribution < -0.4 is 10.5 Å². The Bertz CT molecular complexity index is 742. The number of hydrogen-bond acceptors (Lipinski definition) is 3. The topological polar surface area (TPSA) is 48.1 Å². The van der Waals surface area contributed by atoms with E-state index >= 15 is 0 Å². The van der Waals surface area contributed by atoms with Gasteiger partial charge in [-0.15, -0.1) is 0 Å². The number of rotatable bonds is 4. The number of ether oxygens (including phenoxy) is 1. The summed E-state index contributed by atoms with van der Waals surface area (Å²) < 4.78 is 5.75. The van der Waals surface area contributed by atoms with Crippen LogP contribution in [-0.4, -0.2) is 4.98 Å². The van der Waals surface area contributed by atoms with Crippen molar-refractivity contribution in [3.8, 4) is 11.6 Å². The van der Waals surface area contributed by atoms with Gasteiger partial charge in [0.2, 0.25) is 5.88 Å². The van der Waals surface area contributed by atoms with Gasteiger partial charge in [-0.05, 0) is 36.2 Å². The van der Waals surface area contributed by atoms with Crippen LogP contribution in [0.4, 0.5) is 0 Å². The van der Waals surface area contributed by atoms with Gasteiger partial charge in [0.05, 0.1) is 6.04 Å². The fourth-order valence-corrected chi connectivity index (χ4v) is 2.38. The number of aromatic nitrogens is 1. The maximum absolute atomic E-state index is 6.34. The van der Waals surface area contributed by atoms with E-state index in [9.17, 15) is 0 Å². The Balaban J connectivity index is 1.83. The molecule has 0 aliphatic carbocycles. The van der Waals surface area contributed by atoms with Crippen LogP contribution in [0.3, 0.4) is 0 Å². The predicted molar refractivity (Wildman–Crippen MR) is 88.0 cm³/mol. The number of pyridine rings is 1. The Morgan fingerprint density at radius 1 is 0.864 bits per heavy atom. The molecule has 0 saturated heterocycles. The van der Waals surface area contributed by atoms with Gasteiger partial charge in [-0.2, -0.15) is 0 Å². The molecule has 1 aromatic heterocycles. The summed E-state index contributed by atoms with van der Waals surface area (Å²) in [7, 11) is 0. The lowest BCUT2D eigenvalue weighted by atomic mass is 9.99. The Labute approximate surface area is 130 Å². The van der Waals surface area contributed by atoms with Crippen LogP contribution in [0.2, 0.25) is 0 Å². The Morgan fingerprint density at radius 3 is 2.14 bits per heavy atom. The summed E-state index contributed by atoms with van der Waals surface area (Å²) in [6, 6.07) is 23.3. The fourth-order valence-electron chi connectivity index (χ4n) is 2.38. The molecule has 0 spiro atoms. The Hall–Kier alpha value is -2.65. The van der Waals surface area contributed by atoms with Gasteiger partial charge in [0.25, 0.3) is 0 Å². The molecule has 0 radical (unpaired) electrons. The average Bonchev–Trinajstić information content (AvgIpc) is 2.56. The molecule has 0 aliphatic rings. The maximum Gasteiger partial charge on any atom is 0.219 e. The van der Waals surface area contributed by atoms with Crippen LogP contribution >= 0.6 is 0 Å². The molecule has 2 N–H and O–H groups in total. The molecule has 2 aromatic carbocycles. The van der Waals surface area contributed by atoms with Crippen LogP contribution in [0, 0.1) is 6.92 Å². The molecule has 1 atom stereocenters. The van der Waals surface area contributed by atoms with Crippen molar-refractivity contribution < 1.29 is 4.74 Å². The molecule has 3 nitrogen and oxygen atoms in total. The second kappa shape index (κ2) is 6.41. The number of para-hydroxylation sites is 1. The third-order valence-corrected chi connectivity index (χ3v) is 3.56. The van der Waals surface area contributed by atoms with E-state index < -0.39 is 0 Å². The summed E-state index contributed by atoms with van der Waals surface area (Å²) in [5.74, 6) is 1.35. The van der Waals surface area contributed by atoms with Crippen LogP contribution in [0.25, 0.3) is 0 Å². The summed E-state index contributed by atoms with van der Waals surface area (Å²) in [6.45, 7) is 1.95. The summed E-state index contributed by atoms with van der Waals surface area (Å²) in [5.41, 5.74) is 9.30. The highest BCUT2D eigenvalue weighted by molar-refractivity contribution is 5.36. The average molecular weight is 290 g/mol. The Morgan fingerprint density at radius 2 is 1.50 bits per heavy atom.